The first-order valence-corrected chi connectivity index (χ1v) is 10.0. The molecule has 6 nitrogen and oxygen atoms in total. The molecule has 1 amide bonds. The van der Waals surface area contributed by atoms with Crippen LogP contribution in [-0.4, -0.2) is 50.1 Å². The number of amides is 1. The van der Waals surface area contributed by atoms with Crippen molar-refractivity contribution in [2.24, 2.45) is 0 Å². The third-order valence-corrected chi connectivity index (χ3v) is 6.23. The van der Waals surface area contributed by atoms with Crippen LogP contribution >= 0.6 is 0 Å². The van der Waals surface area contributed by atoms with Gasteiger partial charge < -0.3 is 14.7 Å². The third kappa shape index (κ3) is 5.13. The average Bonchev–Trinajstić information content (AvgIpc) is 3.21. The largest absolute Gasteiger partial charge is 0.484 e. The van der Waals surface area contributed by atoms with Crippen molar-refractivity contribution in [3.05, 3.63) is 53.7 Å². The number of carbonyl (C=O) groups excluding carboxylic acids is 1. The number of pyridine rings is 1. The van der Waals surface area contributed by atoms with Crippen LogP contribution in [0.4, 0.5) is 13.2 Å². The van der Waals surface area contributed by atoms with Gasteiger partial charge in [0.1, 0.15) is 10.8 Å². The molecular weight excluding hydrogens is 409 g/mol. The molecule has 0 unspecified atom stereocenters. The van der Waals surface area contributed by atoms with Crippen molar-refractivity contribution in [1.29, 1.82) is 0 Å². The standard InChI is InChI=1S/C19H19F3N2O4S/c20-19(21,22)16-2-1-8-23-18(16)29(27)15-7-9-24(10-15)17(26)12-28-14-5-3-13(11-25)4-6-14/h1-6,8,15,25H,7,9-12H2/t15-,29+/m0/s1. The number of hydrogen-bond acceptors (Lipinski definition) is 5. The molecule has 1 aromatic heterocycles. The third-order valence-electron chi connectivity index (χ3n) is 4.54. The van der Waals surface area contributed by atoms with Gasteiger partial charge in [0.05, 0.1) is 28.2 Å². The van der Waals surface area contributed by atoms with Crippen LogP contribution < -0.4 is 4.74 Å². The minimum absolute atomic E-state index is 0.0755. The number of aliphatic hydroxyl groups excluding tert-OH is 1. The van der Waals surface area contributed by atoms with E-state index >= 15 is 0 Å². The molecule has 1 saturated heterocycles. The molecule has 2 aromatic rings. The van der Waals surface area contributed by atoms with Gasteiger partial charge in [0.2, 0.25) is 0 Å². The Morgan fingerprint density at radius 1 is 1.28 bits per heavy atom. The number of halogens is 3. The summed E-state index contributed by atoms with van der Waals surface area (Å²) in [7, 11) is -1.99. The smallest absolute Gasteiger partial charge is 0.419 e. The van der Waals surface area contributed by atoms with E-state index in [0.29, 0.717) is 17.7 Å². The molecule has 1 aliphatic rings. The van der Waals surface area contributed by atoms with Crippen LogP contribution in [-0.2, 0) is 28.4 Å². The number of aromatic nitrogens is 1. The summed E-state index contributed by atoms with van der Waals surface area (Å²) in [4.78, 5) is 17.5. The Balaban J connectivity index is 1.59. The minimum atomic E-state index is -4.65. The fourth-order valence-corrected chi connectivity index (χ4v) is 4.50. The number of benzene rings is 1. The molecule has 0 saturated carbocycles. The number of carbonyl (C=O) groups is 1. The summed E-state index contributed by atoms with van der Waals surface area (Å²) in [6, 6.07) is 8.59. The van der Waals surface area contributed by atoms with Crippen molar-refractivity contribution in [1.82, 2.24) is 9.88 Å². The van der Waals surface area contributed by atoms with E-state index in [9.17, 15) is 22.2 Å². The minimum Gasteiger partial charge on any atom is -0.484 e. The highest BCUT2D eigenvalue weighted by molar-refractivity contribution is 7.85. The summed E-state index contributed by atoms with van der Waals surface area (Å²) in [5.41, 5.74) is -0.306. The first kappa shape index (κ1) is 21.3. The maximum absolute atomic E-state index is 13.1. The van der Waals surface area contributed by atoms with Crippen molar-refractivity contribution in [2.75, 3.05) is 19.7 Å². The molecule has 1 N–H and O–H groups in total. The van der Waals surface area contributed by atoms with Gasteiger partial charge in [-0.05, 0) is 36.2 Å². The monoisotopic (exact) mass is 428 g/mol. The molecule has 0 bridgehead atoms. The first-order valence-electron chi connectivity index (χ1n) is 8.82. The lowest BCUT2D eigenvalue weighted by Crippen LogP contribution is -2.34. The summed E-state index contributed by atoms with van der Waals surface area (Å²) in [5, 5.41) is 7.88. The summed E-state index contributed by atoms with van der Waals surface area (Å²) in [6.45, 7) is 0.0232. The van der Waals surface area contributed by atoms with Gasteiger partial charge in [0, 0.05) is 19.3 Å². The zero-order chi connectivity index (χ0) is 21.0. The SMILES string of the molecule is O=C(COc1ccc(CO)cc1)N1CC[C@H]([S@@](=O)c2ncccc2C(F)(F)F)C1. The fourth-order valence-electron chi connectivity index (χ4n) is 2.98. The van der Waals surface area contributed by atoms with E-state index in [1.54, 1.807) is 24.3 Å². The summed E-state index contributed by atoms with van der Waals surface area (Å²) < 4.78 is 57.5. The molecule has 3 rings (SSSR count). The fraction of sp³-hybridized carbons (Fsp3) is 0.368. The van der Waals surface area contributed by atoms with Crippen molar-refractivity contribution >= 4 is 16.7 Å². The van der Waals surface area contributed by atoms with Gasteiger partial charge >= 0.3 is 6.18 Å². The molecule has 1 fully saturated rings. The molecule has 1 aromatic carbocycles. The van der Waals surface area contributed by atoms with Crippen LogP contribution in [0.5, 0.6) is 5.75 Å². The van der Waals surface area contributed by atoms with Gasteiger partial charge in [-0.3, -0.25) is 9.00 Å². The molecule has 2 atom stereocenters. The van der Waals surface area contributed by atoms with E-state index in [1.165, 1.54) is 11.1 Å². The molecule has 0 radical (unpaired) electrons. The number of likely N-dealkylation sites (tertiary alicyclic amines) is 1. The van der Waals surface area contributed by atoms with E-state index in [2.05, 4.69) is 4.98 Å². The van der Waals surface area contributed by atoms with Gasteiger partial charge in [0.25, 0.3) is 5.91 Å². The molecule has 0 spiro atoms. The number of ether oxygens (including phenoxy) is 1. The molecular formula is C19H19F3N2O4S. The van der Waals surface area contributed by atoms with Crippen LogP contribution in [0.2, 0.25) is 0 Å². The number of aliphatic hydroxyl groups is 1. The maximum Gasteiger partial charge on any atom is 0.419 e. The number of hydrogen-bond donors (Lipinski definition) is 1. The zero-order valence-corrected chi connectivity index (χ0v) is 16.1. The number of rotatable bonds is 6. The van der Waals surface area contributed by atoms with Gasteiger partial charge in [-0.15, -0.1) is 0 Å². The zero-order valence-electron chi connectivity index (χ0n) is 15.3. The molecule has 2 heterocycles. The van der Waals surface area contributed by atoms with E-state index in [0.717, 1.165) is 12.1 Å². The lowest BCUT2D eigenvalue weighted by Gasteiger charge is -2.17. The normalized spacial score (nSPS) is 17.9. The lowest BCUT2D eigenvalue weighted by molar-refractivity contribution is -0.140. The number of alkyl halides is 3. The maximum atomic E-state index is 13.1. The van der Waals surface area contributed by atoms with Crippen LogP contribution in [0.25, 0.3) is 0 Å². The van der Waals surface area contributed by atoms with Gasteiger partial charge in [-0.1, -0.05) is 12.1 Å². The molecule has 10 heteroatoms. The van der Waals surface area contributed by atoms with Crippen molar-refractivity contribution in [3.8, 4) is 5.75 Å². The topological polar surface area (TPSA) is 79.7 Å². The van der Waals surface area contributed by atoms with Crippen molar-refractivity contribution in [2.45, 2.75) is 29.5 Å². The van der Waals surface area contributed by atoms with Gasteiger partial charge in [-0.2, -0.15) is 13.2 Å². The van der Waals surface area contributed by atoms with E-state index < -0.39 is 32.8 Å². The Morgan fingerprint density at radius 3 is 2.66 bits per heavy atom. The Labute approximate surface area is 167 Å². The quantitative estimate of drug-likeness (QED) is 0.764. The summed E-state index contributed by atoms with van der Waals surface area (Å²) in [5.74, 6) is 0.117. The molecule has 0 aliphatic carbocycles. The van der Waals surface area contributed by atoms with E-state index in [1.807, 2.05) is 0 Å². The summed E-state index contributed by atoms with van der Waals surface area (Å²) in [6.07, 6.45) is -3.15. The van der Waals surface area contributed by atoms with E-state index in [-0.39, 0.29) is 32.2 Å². The highest BCUT2D eigenvalue weighted by Gasteiger charge is 2.39. The van der Waals surface area contributed by atoms with Crippen molar-refractivity contribution < 1.29 is 32.0 Å². The molecule has 1 aliphatic heterocycles. The average molecular weight is 428 g/mol. The second-order valence-electron chi connectivity index (χ2n) is 6.49. The predicted octanol–water partition coefficient (Wildman–Crippen LogP) is 2.38. The first-order chi connectivity index (χ1) is 13.8. The van der Waals surface area contributed by atoms with Crippen LogP contribution in [0.1, 0.15) is 17.5 Å². The Bertz CT molecular complexity index is 890. The second-order valence-corrected chi connectivity index (χ2v) is 8.14. The highest BCUT2D eigenvalue weighted by Crippen LogP contribution is 2.34. The van der Waals surface area contributed by atoms with Crippen LogP contribution in [0, 0.1) is 0 Å². The Morgan fingerprint density at radius 2 is 2.00 bits per heavy atom. The van der Waals surface area contributed by atoms with E-state index in [4.69, 9.17) is 9.84 Å². The highest BCUT2D eigenvalue weighted by atomic mass is 32.2. The summed E-state index contributed by atoms with van der Waals surface area (Å²) >= 11 is 0. The van der Waals surface area contributed by atoms with Crippen LogP contribution in [0.15, 0.2) is 47.6 Å². The molecule has 29 heavy (non-hydrogen) atoms. The lowest BCUT2D eigenvalue weighted by atomic mass is 10.2. The molecule has 156 valence electrons. The van der Waals surface area contributed by atoms with Gasteiger partial charge in [0.15, 0.2) is 6.61 Å². The second kappa shape index (κ2) is 8.91. The van der Waals surface area contributed by atoms with Crippen LogP contribution in [0.3, 0.4) is 0 Å². The number of nitrogens with zero attached hydrogens (tertiary/aromatic N) is 2. The Kier molecular flexibility index (Phi) is 6.53. The van der Waals surface area contributed by atoms with Crippen molar-refractivity contribution in [3.63, 3.8) is 0 Å². The Hall–Kier alpha value is -2.46. The van der Waals surface area contributed by atoms with Gasteiger partial charge in [-0.25, -0.2) is 4.98 Å². The predicted molar refractivity (Wildman–Crippen MR) is 98.5 cm³/mol.